The molecule has 0 radical (unpaired) electrons. The lowest BCUT2D eigenvalue weighted by Crippen LogP contribution is -2.38. The minimum Gasteiger partial charge on any atom is -0.352 e. The standard InChI is InChI=1S/C20H23F3N4O2/c1-14(2)13-27(19(29)17-12-24-7-8-25-17)9-6-18(28)26-11-15-4-3-5-16(10-15)20(21,22)23/h3-5,7-8,10,12,14H,6,9,11,13H2,1-2H3,(H,26,28). The molecule has 1 N–H and O–H groups in total. The summed E-state index contributed by atoms with van der Waals surface area (Å²) in [5, 5.41) is 2.59. The van der Waals surface area contributed by atoms with Crippen LogP contribution in [-0.4, -0.2) is 39.8 Å². The fourth-order valence-electron chi connectivity index (χ4n) is 2.67. The second-order valence-corrected chi connectivity index (χ2v) is 6.96. The number of nitrogens with one attached hydrogen (secondary N) is 1. The molecule has 2 amide bonds. The summed E-state index contributed by atoms with van der Waals surface area (Å²) in [7, 11) is 0. The van der Waals surface area contributed by atoms with Crippen LogP contribution in [-0.2, 0) is 17.5 Å². The number of nitrogens with zero attached hydrogens (tertiary/aromatic N) is 3. The van der Waals surface area contributed by atoms with Crippen LogP contribution >= 0.6 is 0 Å². The molecule has 0 fully saturated rings. The third-order valence-corrected chi connectivity index (χ3v) is 4.01. The Morgan fingerprint density at radius 2 is 1.97 bits per heavy atom. The predicted octanol–water partition coefficient (Wildman–Crippen LogP) is 3.30. The first-order chi connectivity index (χ1) is 13.7. The SMILES string of the molecule is CC(C)CN(CCC(=O)NCc1cccc(C(F)(F)F)c1)C(=O)c1cnccn1. The summed E-state index contributed by atoms with van der Waals surface area (Å²) < 4.78 is 38.3. The molecule has 0 atom stereocenters. The van der Waals surface area contributed by atoms with Crippen molar-refractivity contribution in [3.05, 3.63) is 59.7 Å². The van der Waals surface area contributed by atoms with Gasteiger partial charge < -0.3 is 10.2 Å². The maximum absolute atomic E-state index is 12.8. The van der Waals surface area contributed by atoms with Gasteiger partial charge in [-0.15, -0.1) is 0 Å². The molecule has 0 bridgehead atoms. The number of hydrogen-bond donors (Lipinski definition) is 1. The van der Waals surface area contributed by atoms with Crippen molar-refractivity contribution in [1.82, 2.24) is 20.2 Å². The van der Waals surface area contributed by atoms with Gasteiger partial charge in [-0.2, -0.15) is 13.2 Å². The van der Waals surface area contributed by atoms with Crippen LogP contribution in [0, 0.1) is 5.92 Å². The third kappa shape index (κ3) is 7.17. The number of carbonyl (C=O) groups excluding carboxylic acids is 2. The molecule has 0 aliphatic heterocycles. The van der Waals surface area contributed by atoms with Gasteiger partial charge in [0.15, 0.2) is 0 Å². The van der Waals surface area contributed by atoms with Crippen LogP contribution in [0.15, 0.2) is 42.9 Å². The maximum Gasteiger partial charge on any atom is 0.416 e. The first-order valence-corrected chi connectivity index (χ1v) is 9.15. The van der Waals surface area contributed by atoms with E-state index in [9.17, 15) is 22.8 Å². The Morgan fingerprint density at radius 1 is 1.21 bits per heavy atom. The van der Waals surface area contributed by atoms with Crippen LogP contribution in [0.4, 0.5) is 13.2 Å². The zero-order chi connectivity index (χ0) is 21.4. The fraction of sp³-hybridized carbons (Fsp3) is 0.400. The summed E-state index contributed by atoms with van der Waals surface area (Å²) >= 11 is 0. The van der Waals surface area contributed by atoms with Crippen LogP contribution in [0.3, 0.4) is 0 Å². The van der Waals surface area contributed by atoms with E-state index >= 15 is 0 Å². The number of benzene rings is 1. The van der Waals surface area contributed by atoms with Gasteiger partial charge in [-0.3, -0.25) is 14.6 Å². The molecule has 1 heterocycles. The molecule has 0 unspecified atom stereocenters. The van der Waals surface area contributed by atoms with Crippen LogP contribution < -0.4 is 5.32 Å². The van der Waals surface area contributed by atoms with Crippen molar-refractivity contribution in [3.63, 3.8) is 0 Å². The number of aromatic nitrogens is 2. The highest BCUT2D eigenvalue weighted by molar-refractivity contribution is 5.92. The van der Waals surface area contributed by atoms with Crippen molar-refractivity contribution in [3.8, 4) is 0 Å². The van der Waals surface area contributed by atoms with E-state index < -0.39 is 11.7 Å². The molecule has 0 saturated heterocycles. The molecule has 0 aliphatic carbocycles. The largest absolute Gasteiger partial charge is 0.416 e. The lowest BCUT2D eigenvalue weighted by Gasteiger charge is -2.24. The summed E-state index contributed by atoms with van der Waals surface area (Å²) in [5.74, 6) is -0.496. The Balaban J connectivity index is 1.92. The number of carbonyl (C=O) groups is 2. The van der Waals surface area contributed by atoms with Gasteiger partial charge in [-0.05, 0) is 23.6 Å². The van der Waals surface area contributed by atoms with Gasteiger partial charge in [0.1, 0.15) is 5.69 Å². The van der Waals surface area contributed by atoms with Crippen LogP contribution in [0.5, 0.6) is 0 Å². The first kappa shape index (κ1) is 22.3. The Kier molecular flexibility index (Phi) is 7.69. The average molecular weight is 408 g/mol. The molecular weight excluding hydrogens is 385 g/mol. The van der Waals surface area contributed by atoms with Crippen LogP contribution in [0.2, 0.25) is 0 Å². The van der Waals surface area contributed by atoms with Crippen molar-refractivity contribution in [2.45, 2.75) is 33.0 Å². The number of alkyl halides is 3. The maximum atomic E-state index is 12.8. The van der Waals surface area contributed by atoms with Crippen molar-refractivity contribution in [1.29, 1.82) is 0 Å². The zero-order valence-corrected chi connectivity index (χ0v) is 16.2. The van der Waals surface area contributed by atoms with E-state index in [1.807, 2.05) is 13.8 Å². The quantitative estimate of drug-likeness (QED) is 0.727. The van der Waals surface area contributed by atoms with Crippen molar-refractivity contribution in [2.75, 3.05) is 13.1 Å². The highest BCUT2D eigenvalue weighted by atomic mass is 19.4. The van der Waals surface area contributed by atoms with Crippen molar-refractivity contribution >= 4 is 11.8 Å². The Labute approximate surface area is 167 Å². The number of amides is 2. The van der Waals surface area contributed by atoms with E-state index in [0.29, 0.717) is 12.1 Å². The van der Waals surface area contributed by atoms with Crippen LogP contribution in [0.1, 0.15) is 41.9 Å². The van der Waals surface area contributed by atoms with Crippen molar-refractivity contribution < 1.29 is 22.8 Å². The highest BCUT2D eigenvalue weighted by Gasteiger charge is 2.30. The smallest absolute Gasteiger partial charge is 0.352 e. The fourth-order valence-corrected chi connectivity index (χ4v) is 2.67. The zero-order valence-electron chi connectivity index (χ0n) is 16.2. The minimum atomic E-state index is -4.43. The van der Waals surface area contributed by atoms with Gasteiger partial charge in [0.05, 0.1) is 11.8 Å². The lowest BCUT2D eigenvalue weighted by molar-refractivity contribution is -0.137. The first-order valence-electron chi connectivity index (χ1n) is 9.15. The predicted molar refractivity (Wildman–Crippen MR) is 101 cm³/mol. The molecule has 6 nitrogen and oxygen atoms in total. The summed E-state index contributed by atoms with van der Waals surface area (Å²) in [6, 6.07) is 4.79. The van der Waals surface area contributed by atoms with Gasteiger partial charge in [0.2, 0.25) is 5.91 Å². The summed E-state index contributed by atoms with van der Waals surface area (Å²) in [6.45, 7) is 4.48. The Bertz CT molecular complexity index is 826. The second-order valence-electron chi connectivity index (χ2n) is 6.96. The minimum absolute atomic E-state index is 0.0228. The van der Waals surface area contributed by atoms with E-state index in [0.717, 1.165) is 12.1 Å². The molecule has 1 aromatic carbocycles. The van der Waals surface area contributed by atoms with E-state index in [-0.39, 0.29) is 42.9 Å². The van der Waals surface area contributed by atoms with Crippen LogP contribution in [0.25, 0.3) is 0 Å². The van der Waals surface area contributed by atoms with E-state index in [1.54, 1.807) is 0 Å². The van der Waals surface area contributed by atoms with Gasteiger partial charge in [-0.25, -0.2) is 4.98 Å². The van der Waals surface area contributed by atoms with E-state index in [4.69, 9.17) is 0 Å². The molecule has 9 heteroatoms. The molecule has 0 saturated carbocycles. The molecule has 2 aromatic rings. The topological polar surface area (TPSA) is 75.2 Å². The highest BCUT2D eigenvalue weighted by Crippen LogP contribution is 2.29. The Hall–Kier alpha value is -2.97. The third-order valence-electron chi connectivity index (χ3n) is 4.01. The summed E-state index contributed by atoms with van der Waals surface area (Å²) in [6.07, 6.45) is -0.160. The Morgan fingerprint density at radius 3 is 2.59 bits per heavy atom. The van der Waals surface area contributed by atoms with E-state index in [1.165, 1.54) is 35.6 Å². The average Bonchev–Trinajstić information content (AvgIpc) is 2.69. The number of rotatable bonds is 8. The summed E-state index contributed by atoms with van der Waals surface area (Å²) in [5.41, 5.74) is -0.220. The van der Waals surface area contributed by atoms with Crippen molar-refractivity contribution in [2.24, 2.45) is 5.92 Å². The number of halogens is 3. The molecule has 0 spiro atoms. The number of hydrogen-bond acceptors (Lipinski definition) is 4. The summed E-state index contributed by atoms with van der Waals surface area (Å²) in [4.78, 5) is 34.1. The molecule has 1 aromatic heterocycles. The molecular formula is C20H23F3N4O2. The van der Waals surface area contributed by atoms with E-state index in [2.05, 4.69) is 15.3 Å². The lowest BCUT2D eigenvalue weighted by atomic mass is 10.1. The normalized spacial score (nSPS) is 11.4. The van der Waals surface area contributed by atoms with Gasteiger partial charge in [0, 0.05) is 38.4 Å². The van der Waals surface area contributed by atoms with Gasteiger partial charge >= 0.3 is 6.18 Å². The second kappa shape index (κ2) is 9.99. The van der Waals surface area contributed by atoms with Gasteiger partial charge in [0.25, 0.3) is 5.91 Å². The molecule has 156 valence electrons. The molecule has 0 aliphatic rings. The monoisotopic (exact) mass is 408 g/mol. The molecule has 29 heavy (non-hydrogen) atoms. The van der Waals surface area contributed by atoms with Gasteiger partial charge in [-0.1, -0.05) is 26.0 Å². The molecule has 2 rings (SSSR count).